The molecule has 3 atom stereocenters. The number of imide groups is 1. The summed E-state index contributed by atoms with van der Waals surface area (Å²) in [5, 5.41) is 14.6. The lowest BCUT2D eigenvalue weighted by molar-refractivity contribution is -0.137. The summed E-state index contributed by atoms with van der Waals surface area (Å²) in [5.41, 5.74) is 1.21. The van der Waals surface area contributed by atoms with Crippen molar-refractivity contribution >= 4 is 23.8 Å². The number of hydrogen-bond acceptors (Lipinski definition) is 9. The van der Waals surface area contributed by atoms with Gasteiger partial charge in [0, 0.05) is 62.3 Å². The summed E-state index contributed by atoms with van der Waals surface area (Å²) in [4.78, 5) is 49.4. The standard InChI is InChI=1S/C32H50N6O7/c1-6-19-43-21-18-38-25-10-8-23-22(7-9-24(25)35-36-38)29(23)45-30(42)33-16-14-32(4,5)44-20-15-31(2,3)34-26(39)13-17-37-27(40)11-12-28(37)41/h11-12,22-23,29H,6-10,13-21H2,1-5H3,(H,33,42)(H,34,39). The summed E-state index contributed by atoms with van der Waals surface area (Å²) in [6, 6.07) is 0. The van der Waals surface area contributed by atoms with Crippen LogP contribution in [0, 0.1) is 11.8 Å². The first-order chi connectivity index (χ1) is 21.4. The van der Waals surface area contributed by atoms with Crippen molar-refractivity contribution < 1.29 is 33.4 Å². The van der Waals surface area contributed by atoms with Crippen LogP contribution in [-0.4, -0.2) is 93.9 Å². The van der Waals surface area contributed by atoms with Crippen LogP contribution in [0.1, 0.15) is 84.5 Å². The summed E-state index contributed by atoms with van der Waals surface area (Å²) < 4.78 is 19.5. The highest BCUT2D eigenvalue weighted by molar-refractivity contribution is 6.13. The van der Waals surface area contributed by atoms with E-state index in [1.807, 2.05) is 32.4 Å². The average molecular weight is 631 g/mol. The van der Waals surface area contributed by atoms with Gasteiger partial charge in [-0.3, -0.25) is 19.3 Å². The van der Waals surface area contributed by atoms with Gasteiger partial charge in [-0.05, 0) is 72.6 Å². The number of ether oxygens (including phenoxy) is 3. The molecule has 13 heteroatoms. The molecule has 0 aromatic carbocycles. The Balaban J connectivity index is 1.09. The third-order valence-corrected chi connectivity index (χ3v) is 8.80. The van der Waals surface area contributed by atoms with Crippen molar-refractivity contribution in [3.63, 3.8) is 0 Å². The fourth-order valence-corrected chi connectivity index (χ4v) is 6.01. The average Bonchev–Trinajstić information content (AvgIpc) is 3.24. The minimum absolute atomic E-state index is 0.0394. The summed E-state index contributed by atoms with van der Waals surface area (Å²) in [5.74, 6) is -0.293. The molecule has 4 rings (SSSR count). The molecule has 2 heterocycles. The number of aryl methyl sites for hydroxylation is 1. The predicted molar refractivity (Wildman–Crippen MR) is 165 cm³/mol. The lowest BCUT2D eigenvalue weighted by Gasteiger charge is -2.30. The Bertz CT molecular complexity index is 1220. The van der Waals surface area contributed by atoms with Gasteiger partial charge >= 0.3 is 6.09 Å². The Labute approximate surface area is 265 Å². The molecule has 3 unspecified atom stereocenters. The highest BCUT2D eigenvalue weighted by Gasteiger charge is 2.53. The zero-order chi connectivity index (χ0) is 32.6. The van der Waals surface area contributed by atoms with Crippen LogP contribution < -0.4 is 10.6 Å². The Morgan fingerprint density at radius 3 is 2.40 bits per heavy atom. The Kier molecular flexibility index (Phi) is 11.8. The van der Waals surface area contributed by atoms with E-state index < -0.39 is 29.0 Å². The van der Waals surface area contributed by atoms with Gasteiger partial charge in [0.05, 0.1) is 30.1 Å². The Morgan fingerprint density at radius 1 is 0.978 bits per heavy atom. The quantitative estimate of drug-likeness (QED) is 0.195. The SMILES string of the molecule is CCCOCCn1nnc2c1CCC1C(CC2)C1OC(=O)NCCC(C)(C)OCCC(C)(C)NC(=O)CCN1C(=O)C=CC1=O. The van der Waals surface area contributed by atoms with Crippen LogP contribution in [0.5, 0.6) is 0 Å². The molecule has 1 aromatic heterocycles. The van der Waals surface area contributed by atoms with Gasteiger partial charge in [0.15, 0.2) is 0 Å². The third kappa shape index (κ3) is 10.1. The molecule has 250 valence electrons. The Morgan fingerprint density at radius 2 is 1.69 bits per heavy atom. The van der Waals surface area contributed by atoms with E-state index in [1.54, 1.807) is 0 Å². The first-order valence-corrected chi connectivity index (χ1v) is 16.3. The normalized spacial score (nSPS) is 21.2. The number of amides is 4. The molecule has 1 aromatic rings. The number of nitrogens with one attached hydrogen (secondary N) is 2. The van der Waals surface area contributed by atoms with Gasteiger partial charge in [0.25, 0.3) is 11.8 Å². The molecule has 2 aliphatic carbocycles. The van der Waals surface area contributed by atoms with Crippen molar-refractivity contribution in [1.82, 2.24) is 30.5 Å². The lowest BCUT2D eigenvalue weighted by atomic mass is 10.00. The first-order valence-electron chi connectivity index (χ1n) is 16.3. The van der Waals surface area contributed by atoms with Crippen molar-refractivity contribution in [1.29, 1.82) is 0 Å². The van der Waals surface area contributed by atoms with Crippen molar-refractivity contribution in [2.75, 3.05) is 32.9 Å². The molecule has 0 spiro atoms. The molecular formula is C32H50N6O7. The van der Waals surface area contributed by atoms with Crippen LogP contribution >= 0.6 is 0 Å². The van der Waals surface area contributed by atoms with E-state index in [-0.39, 0.29) is 25.0 Å². The van der Waals surface area contributed by atoms with Crippen LogP contribution in [0.15, 0.2) is 12.2 Å². The van der Waals surface area contributed by atoms with Gasteiger partial charge in [-0.2, -0.15) is 0 Å². The molecule has 13 nitrogen and oxygen atoms in total. The second-order valence-electron chi connectivity index (χ2n) is 13.5. The van der Waals surface area contributed by atoms with Crippen LogP contribution in [0.3, 0.4) is 0 Å². The zero-order valence-electron chi connectivity index (χ0n) is 27.4. The van der Waals surface area contributed by atoms with E-state index in [0.29, 0.717) is 51.0 Å². The summed E-state index contributed by atoms with van der Waals surface area (Å²) in [6.07, 6.45) is 7.77. The molecule has 1 aliphatic heterocycles. The fraction of sp³-hybridized carbons (Fsp3) is 0.750. The van der Waals surface area contributed by atoms with Crippen molar-refractivity contribution in [3.8, 4) is 0 Å². The predicted octanol–water partition coefficient (Wildman–Crippen LogP) is 2.71. The molecule has 3 aliphatic rings. The van der Waals surface area contributed by atoms with Gasteiger partial charge in [0.1, 0.15) is 6.10 Å². The van der Waals surface area contributed by atoms with E-state index in [1.165, 1.54) is 17.8 Å². The fourth-order valence-electron chi connectivity index (χ4n) is 6.01. The van der Waals surface area contributed by atoms with Crippen molar-refractivity contribution in [3.05, 3.63) is 23.5 Å². The maximum absolute atomic E-state index is 12.6. The topological polar surface area (TPSA) is 154 Å². The number of aromatic nitrogens is 3. The third-order valence-electron chi connectivity index (χ3n) is 8.80. The maximum Gasteiger partial charge on any atom is 0.407 e. The van der Waals surface area contributed by atoms with Crippen LogP contribution in [0.25, 0.3) is 0 Å². The number of nitrogens with zero attached hydrogens (tertiary/aromatic N) is 4. The summed E-state index contributed by atoms with van der Waals surface area (Å²) in [7, 11) is 0. The molecule has 4 amide bonds. The number of hydrogen-bond donors (Lipinski definition) is 2. The number of rotatable bonds is 17. The molecule has 0 saturated heterocycles. The van der Waals surface area contributed by atoms with Crippen LogP contribution in [0.2, 0.25) is 0 Å². The second-order valence-corrected chi connectivity index (χ2v) is 13.5. The zero-order valence-corrected chi connectivity index (χ0v) is 27.4. The molecule has 2 N–H and O–H groups in total. The molecule has 1 saturated carbocycles. The van der Waals surface area contributed by atoms with Gasteiger partial charge in [-0.15, -0.1) is 5.10 Å². The van der Waals surface area contributed by atoms with Gasteiger partial charge < -0.3 is 24.8 Å². The van der Waals surface area contributed by atoms with E-state index in [2.05, 4.69) is 27.9 Å². The number of fused-ring (bicyclic) bond motifs is 2. The van der Waals surface area contributed by atoms with Crippen LogP contribution in [0.4, 0.5) is 4.79 Å². The number of carbonyl (C=O) groups excluding carboxylic acids is 4. The van der Waals surface area contributed by atoms with Crippen LogP contribution in [-0.2, 0) is 48.0 Å². The van der Waals surface area contributed by atoms with Crippen molar-refractivity contribution in [2.45, 2.75) is 110 Å². The summed E-state index contributed by atoms with van der Waals surface area (Å²) >= 11 is 0. The number of alkyl carbamates (subject to hydrolysis) is 1. The molecule has 0 bridgehead atoms. The molecule has 45 heavy (non-hydrogen) atoms. The van der Waals surface area contributed by atoms with E-state index >= 15 is 0 Å². The van der Waals surface area contributed by atoms with E-state index in [4.69, 9.17) is 14.2 Å². The summed E-state index contributed by atoms with van der Waals surface area (Å²) in [6.45, 7) is 12.8. The Hall–Kier alpha value is -3.32. The highest BCUT2D eigenvalue weighted by atomic mass is 16.6. The monoisotopic (exact) mass is 630 g/mol. The lowest BCUT2D eigenvalue weighted by Crippen LogP contribution is -2.46. The van der Waals surface area contributed by atoms with E-state index in [9.17, 15) is 19.2 Å². The van der Waals surface area contributed by atoms with Gasteiger partial charge in [-0.25, -0.2) is 9.48 Å². The first kappa shape index (κ1) is 34.6. The second kappa shape index (κ2) is 15.3. The minimum Gasteiger partial charge on any atom is -0.446 e. The van der Waals surface area contributed by atoms with Gasteiger partial charge in [-0.1, -0.05) is 12.1 Å². The van der Waals surface area contributed by atoms with Crippen molar-refractivity contribution in [2.24, 2.45) is 11.8 Å². The molecule has 0 radical (unpaired) electrons. The van der Waals surface area contributed by atoms with E-state index in [0.717, 1.165) is 49.3 Å². The molecular weight excluding hydrogens is 580 g/mol. The highest BCUT2D eigenvalue weighted by Crippen LogP contribution is 2.49. The van der Waals surface area contributed by atoms with Gasteiger partial charge in [0.2, 0.25) is 5.91 Å². The maximum atomic E-state index is 12.6. The largest absolute Gasteiger partial charge is 0.446 e. The number of carbonyl (C=O) groups is 4. The smallest absolute Gasteiger partial charge is 0.407 e. The molecule has 1 fully saturated rings. The minimum atomic E-state index is -0.537.